The first-order valence-electron chi connectivity index (χ1n) is 8.71. The van der Waals surface area contributed by atoms with Crippen LogP contribution in [0.4, 0.5) is 0 Å². The van der Waals surface area contributed by atoms with Crippen LogP contribution in [0.2, 0.25) is 0 Å². The molecule has 1 saturated heterocycles. The van der Waals surface area contributed by atoms with Crippen molar-refractivity contribution >= 4 is 0 Å². The van der Waals surface area contributed by atoms with E-state index in [0.717, 1.165) is 31.9 Å². The molecule has 2 heterocycles. The van der Waals surface area contributed by atoms with E-state index < -0.39 is 6.10 Å². The summed E-state index contributed by atoms with van der Waals surface area (Å²) in [5, 5.41) is 14.3. The summed E-state index contributed by atoms with van der Waals surface area (Å²) >= 11 is 0. The third-order valence-electron chi connectivity index (χ3n) is 4.21. The van der Waals surface area contributed by atoms with Crippen LogP contribution in [0.25, 0.3) is 0 Å². The van der Waals surface area contributed by atoms with E-state index in [4.69, 9.17) is 9.26 Å². The third-order valence-corrected chi connectivity index (χ3v) is 4.21. The highest BCUT2D eigenvalue weighted by atomic mass is 16.5. The molecule has 1 N–H and O–H groups in total. The van der Waals surface area contributed by atoms with E-state index in [9.17, 15) is 5.11 Å². The molecule has 2 aromatic rings. The monoisotopic (exact) mass is 346 g/mol. The fourth-order valence-electron chi connectivity index (χ4n) is 3.00. The van der Waals surface area contributed by atoms with Gasteiger partial charge in [0.1, 0.15) is 0 Å². The van der Waals surface area contributed by atoms with Gasteiger partial charge in [-0.05, 0) is 12.6 Å². The number of β-amino-alcohol motifs (C(OH)–C–C–N with tert-alkyl or cyclic N) is 1. The number of ether oxygens (including phenoxy) is 1. The van der Waals surface area contributed by atoms with E-state index in [1.54, 1.807) is 0 Å². The molecule has 3 rings (SSSR count). The minimum absolute atomic E-state index is 0.404. The highest BCUT2D eigenvalue weighted by molar-refractivity contribution is 5.17. The molecule has 0 radical (unpaired) electrons. The molecule has 136 valence electrons. The Kier molecular flexibility index (Phi) is 6.52. The highest BCUT2D eigenvalue weighted by Crippen LogP contribution is 2.08. The molecular weight excluding hydrogens is 320 g/mol. The number of hydrogen-bond donors (Lipinski definition) is 1. The first-order valence-corrected chi connectivity index (χ1v) is 8.71. The minimum Gasteiger partial charge on any atom is -0.390 e. The Morgan fingerprint density at radius 1 is 1.24 bits per heavy atom. The lowest BCUT2D eigenvalue weighted by Gasteiger charge is -2.29. The number of benzene rings is 1. The van der Waals surface area contributed by atoms with Crippen LogP contribution in [0.5, 0.6) is 0 Å². The number of rotatable bonds is 8. The van der Waals surface area contributed by atoms with E-state index in [-0.39, 0.29) is 0 Å². The Bertz CT molecular complexity index is 628. The maximum atomic E-state index is 10.3. The predicted octanol–water partition coefficient (Wildman–Crippen LogP) is 0.785. The Labute approximate surface area is 148 Å². The van der Waals surface area contributed by atoms with Crippen molar-refractivity contribution in [2.75, 3.05) is 46.4 Å². The van der Waals surface area contributed by atoms with Crippen LogP contribution >= 0.6 is 0 Å². The summed E-state index contributed by atoms with van der Waals surface area (Å²) < 4.78 is 10.6. The summed E-state index contributed by atoms with van der Waals surface area (Å²) in [4.78, 5) is 8.69. The summed E-state index contributed by atoms with van der Waals surface area (Å²) in [6.45, 7) is 5.05. The number of aromatic nitrogens is 2. The van der Waals surface area contributed by atoms with Gasteiger partial charge < -0.3 is 14.4 Å². The number of hydrogen-bond acceptors (Lipinski definition) is 7. The van der Waals surface area contributed by atoms with Gasteiger partial charge in [-0.2, -0.15) is 4.98 Å². The molecule has 1 aliphatic rings. The van der Waals surface area contributed by atoms with E-state index in [0.29, 0.717) is 37.8 Å². The Hall–Kier alpha value is -1.80. The minimum atomic E-state index is -0.404. The Balaban J connectivity index is 1.43. The summed E-state index contributed by atoms with van der Waals surface area (Å²) in [6.07, 6.45) is 0.232. The van der Waals surface area contributed by atoms with Gasteiger partial charge in [-0.3, -0.25) is 9.80 Å². The summed E-state index contributed by atoms with van der Waals surface area (Å²) in [5.41, 5.74) is 1.15. The van der Waals surface area contributed by atoms with E-state index in [1.165, 1.54) is 0 Å². The lowest BCUT2D eigenvalue weighted by atomic mass is 10.1. The van der Waals surface area contributed by atoms with Crippen molar-refractivity contribution in [3.63, 3.8) is 0 Å². The van der Waals surface area contributed by atoms with Gasteiger partial charge in [-0.1, -0.05) is 35.5 Å². The fraction of sp³-hybridized carbons (Fsp3) is 0.556. The topological polar surface area (TPSA) is 74.9 Å². The van der Waals surface area contributed by atoms with Gasteiger partial charge in [0.15, 0.2) is 5.82 Å². The fourth-order valence-corrected chi connectivity index (χ4v) is 3.00. The van der Waals surface area contributed by atoms with Crippen molar-refractivity contribution in [3.8, 4) is 0 Å². The normalized spacial score (nSPS) is 17.1. The van der Waals surface area contributed by atoms with E-state index >= 15 is 0 Å². The molecule has 1 aromatic heterocycles. The third kappa shape index (κ3) is 5.89. The van der Waals surface area contributed by atoms with Gasteiger partial charge in [0.05, 0.1) is 32.3 Å². The molecular formula is C18H26N4O3. The molecule has 0 amide bonds. The first-order chi connectivity index (χ1) is 12.2. The highest BCUT2D eigenvalue weighted by Gasteiger charge is 2.17. The van der Waals surface area contributed by atoms with Gasteiger partial charge in [0.2, 0.25) is 5.89 Å². The molecule has 7 heteroatoms. The van der Waals surface area contributed by atoms with Crippen LogP contribution in [0.3, 0.4) is 0 Å². The van der Waals surface area contributed by atoms with Gasteiger partial charge in [0, 0.05) is 26.2 Å². The van der Waals surface area contributed by atoms with Crippen LogP contribution in [-0.2, 0) is 17.7 Å². The van der Waals surface area contributed by atoms with Crippen molar-refractivity contribution in [2.24, 2.45) is 0 Å². The number of morpholine rings is 1. The van der Waals surface area contributed by atoms with Crippen LogP contribution in [0.15, 0.2) is 34.9 Å². The molecule has 0 aliphatic carbocycles. The number of aliphatic hydroxyl groups excluding tert-OH is 1. The lowest BCUT2D eigenvalue weighted by molar-refractivity contribution is 0.00808. The second-order valence-electron chi connectivity index (χ2n) is 6.53. The van der Waals surface area contributed by atoms with Crippen molar-refractivity contribution in [3.05, 3.63) is 47.6 Å². The van der Waals surface area contributed by atoms with Gasteiger partial charge in [0.25, 0.3) is 0 Å². The zero-order valence-corrected chi connectivity index (χ0v) is 14.7. The number of aliphatic hydroxyl groups is 1. The van der Waals surface area contributed by atoms with E-state index in [2.05, 4.69) is 15.0 Å². The van der Waals surface area contributed by atoms with Gasteiger partial charge in [-0.15, -0.1) is 0 Å². The van der Waals surface area contributed by atoms with Crippen molar-refractivity contribution in [2.45, 2.75) is 19.1 Å². The molecule has 7 nitrogen and oxygen atoms in total. The van der Waals surface area contributed by atoms with Crippen molar-refractivity contribution < 1.29 is 14.4 Å². The molecule has 0 bridgehead atoms. The van der Waals surface area contributed by atoms with Gasteiger partial charge >= 0.3 is 0 Å². The maximum absolute atomic E-state index is 10.3. The lowest BCUT2D eigenvalue weighted by Crippen LogP contribution is -2.44. The van der Waals surface area contributed by atoms with Crippen LogP contribution in [-0.4, -0.2) is 77.6 Å². The molecule has 1 aromatic carbocycles. The number of nitrogens with zero attached hydrogens (tertiary/aromatic N) is 4. The Morgan fingerprint density at radius 3 is 2.76 bits per heavy atom. The predicted molar refractivity (Wildman–Crippen MR) is 93.1 cm³/mol. The Morgan fingerprint density at radius 2 is 2.00 bits per heavy atom. The molecule has 0 saturated carbocycles. The SMILES string of the molecule is CN(Cc1noc(Cc2ccccc2)n1)CC(O)CN1CCOCC1. The average molecular weight is 346 g/mol. The molecule has 1 atom stereocenters. The second-order valence-corrected chi connectivity index (χ2v) is 6.53. The van der Waals surface area contributed by atoms with Crippen molar-refractivity contribution in [1.29, 1.82) is 0 Å². The van der Waals surface area contributed by atoms with Crippen LogP contribution < -0.4 is 0 Å². The summed E-state index contributed by atoms with van der Waals surface area (Å²) in [7, 11) is 1.95. The maximum Gasteiger partial charge on any atom is 0.231 e. The first kappa shape index (κ1) is 18.0. The molecule has 25 heavy (non-hydrogen) atoms. The molecule has 1 aliphatic heterocycles. The molecule has 0 spiro atoms. The number of likely N-dealkylation sites (N-methyl/N-ethyl adjacent to an activating group) is 1. The molecule has 1 fully saturated rings. The van der Waals surface area contributed by atoms with Gasteiger partial charge in [-0.25, -0.2) is 0 Å². The smallest absolute Gasteiger partial charge is 0.231 e. The van der Waals surface area contributed by atoms with Crippen LogP contribution in [0, 0.1) is 0 Å². The zero-order chi connectivity index (χ0) is 17.5. The van der Waals surface area contributed by atoms with Crippen molar-refractivity contribution in [1.82, 2.24) is 19.9 Å². The molecule has 1 unspecified atom stereocenters. The average Bonchev–Trinajstić information content (AvgIpc) is 3.03. The summed E-state index contributed by atoms with van der Waals surface area (Å²) in [6, 6.07) is 10.1. The van der Waals surface area contributed by atoms with E-state index in [1.807, 2.05) is 42.3 Å². The van der Waals surface area contributed by atoms with Crippen LogP contribution in [0.1, 0.15) is 17.3 Å². The quantitative estimate of drug-likeness (QED) is 0.757. The second kappa shape index (κ2) is 9.05. The standard InChI is InChI=1S/C18H26N4O3/c1-21(12-16(23)13-22-7-9-24-10-8-22)14-17-19-18(25-20-17)11-15-5-3-2-4-6-15/h2-6,16,23H,7-14H2,1H3. The largest absolute Gasteiger partial charge is 0.390 e. The zero-order valence-electron chi connectivity index (χ0n) is 14.7. The summed E-state index contributed by atoms with van der Waals surface area (Å²) in [5.74, 6) is 1.26.